The average Bonchev–Trinajstić information content (AvgIpc) is 2.67. The highest BCUT2D eigenvalue weighted by atomic mass is 35.5. The van der Waals surface area contributed by atoms with Crippen LogP contribution in [-0.4, -0.2) is 38.0 Å². The number of rotatable bonds is 9. The molecule has 0 unspecified atom stereocenters. The van der Waals surface area contributed by atoms with E-state index in [0.717, 1.165) is 29.4 Å². The lowest BCUT2D eigenvalue weighted by Gasteiger charge is -2.16. The van der Waals surface area contributed by atoms with Gasteiger partial charge in [-0.2, -0.15) is 0 Å². The molecule has 5 nitrogen and oxygen atoms in total. The van der Waals surface area contributed by atoms with E-state index < -0.39 is 0 Å². The highest BCUT2D eigenvalue weighted by Gasteiger charge is 2.13. The minimum Gasteiger partial charge on any atom is -0.346 e. The van der Waals surface area contributed by atoms with Crippen molar-refractivity contribution in [2.45, 2.75) is 30.6 Å². The summed E-state index contributed by atoms with van der Waals surface area (Å²) in [5.41, 5.74) is 1.15. The molecule has 28 heavy (non-hydrogen) atoms. The van der Waals surface area contributed by atoms with Crippen molar-refractivity contribution in [1.29, 1.82) is 0 Å². The van der Waals surface area contributed by atoms with Gasteiger partial charge in [0.05, 0.1) is 31.9 Å². The van der Waals surface area contributed by atoms with Gasteiger partial charge in [-0.1, -0.05) is 23.4 Å². The lowest BCUT2D eigenvalue weighted by molar-refractivity contribution is -0.895. The van der Waals surface area contributed by atoms with E-state index in [1.807, 2.05) is 30.3 Å². The first-order valence-electron chi connectivity index (χ1n) is 9.39. The van der Waals surface area contributed by atoms with Crippen LogP contribution in [0.25, 0.3) is 0 Å². The molecule has 0 aliphatic carbocycles. The second kappa shape index (κ2) is 11.1. The number of amides is 2. The molecular weight excluding hydrogens is 394 g/mol. The van der Waals surface area contributed by atoms with Crippen molar-refractivity contribution >= 4 is 40.9 Å². The maximum Gasteiger partial charge on any atom is 0.251 e. The molecule has 0 saturated carbocycles. The molecule has 0 spiro atoms. The third-order valence-corrected chi connectivity index (χ3v) is 5.69. The van der Waals surface area contributed by atoms with E-state index in [2.05, 4.69) is 24.5 Å². The van der Waals surface area contributed by atoms with E-state index in [4.69, 9.17) is 11.6 Å². The largest absolute Gasteiger partial charge is 0.346 e. The Morgan fingerprint density at radius 3 is 2.36 bits per heavy atom. The molecule has 0 radical (unpaired) electrons. The van der Waals surface area contributed by atoms with E-state index in [0.29, 0.717) is 22.8 Å². The van der Waals surface area contributed by atoms with Gasteiger partial charge in [-0.05, 0) is 56.3 Å². The van der Waals surface area contributed by atoms with E-state index >= 15 is 0 Å². The number of hydrogen-bond donors (Lipinski definition) is 3. The zero-order chi connectivity index (χ0) is 20.5. The minimum atomic E-state index is -0.180. The Bertz CT molecular complexity index is 808. The number of benzene rings is 2. The molecule has 0 aromatic heterocycles. The second-order valence-electron chi connectivity index (χ2n) is 6.41. The second-order valence-corrected chi connectivity index (χ2v) is 7.96. The molecule has 2 rings (SSSR count). The van der Waals surface area contributed by atoms with Crippen molar-refractivity contribution in [3.63, 3.8) is 0 Å². The topological polar surface area (TPSA) is 62.6 Å². The number of likely N-dealkylation sites (N-methyl/N-ethyl adjacent to an activating group) is 1. The standard InChI is InChI=1S/C21H26ClN3O2S/c1-4-25(5-2)13-12-23-21(27)16-6-11-20(19(14-16)24-15(3)26)28-18-9-7-17(22)8-10-18/h6-11,14H,4-5,12-13H2,1-3H3,(H,23,27)(H,24,26)/p+1. The van der Waals surface area contributed by atoms with Crippen molar-refractivity contribution < 1.29 is 14.5 Å². The molecule has 2 aromatic rings. The van der Waals surface area contributed by atoms with Crippen LogP contribution in [0.3, 0.4) is 0 Å². The fourth-order valence-corrected chi connectivity index (χ4v) is 3.74. The predicted octanol–water partition coefficient (Wildman–Crippen LogP) is 3.10. The van der Waals surface area contributed by atoms with Gasteiger partial charge in [-0.25, -0.2) is 0 Å². The van der Waals surface area contributed by atoms with Gasteiger partial charge in [0.25, 0.3) is 5.91 Å². The summed E-state index contributed by atoms with van der Waals surface area (Å²) < 4.78 is 0. The number of anilines is 1. The van der Waals surface area contributed by atoms with Crippen LogP contribution in [0.15, 0.2) is 52.3 Å². The summed E-state index contributed by atoms with van der Waals surface area (Å²) >= 11 is 7.44. The number of quaternary nitrogens is 1. The zero-order valence-corrected chi connectivity index (χ0v) is 18.0. The Balaban J connectivity index is 2.12. The fraction of sp³-hybridized carbons (Fsp3) is 0.333. The molecule has 0 saturated heterocycles. The molecule has 0 bridgehead atoms. The van der Waals surface area contributed by atoms with Crippen LogP contribution in [0.5, 0.6) is 0 Å². The van der Waals surface area contributed by atoms with Gasteiger partial charge in [0.1, 0.15) is 0 Å². The summed E-state index contributed by atoms with van der Waals surface area (Å²) in [6.07, 6.45) is 0. The molecule has 7 heteroatoms. The number of halogens is 1. The Morgan fingerprint density at radius 1 is 1.07 bits per heavy atom. The molecule has 150 valence electrons. The van der Waals surface area contributed by atoms with Crippen molar-refractivity contribution in [3.8, 4) is 0 Å². The van der Waals surface area contributed by atoms with Crippen LogP contribution in [-0.2, 0) is 4.79 Å². The third kappa shape index (κ3) is 6.86. The van der Waals surface area contributed by atoms with Gasteiger partial charge in [0, 0.05) is 27.3 Å². The molecule has 0 aliphatic heterocycles. The highest BCUT2D eigenvalue weighted by molar-refractivity contribution is 7.99. The predicted molar refractivity (Wildman–Crippen MR) is 116 cm³/mol. The number of hydrogen-bond acceptors (Lipinski definition) is 3. The van der Waals surface area contributed by atoms with Gasteiger partial charge in [-0.15, -0.1) is 0 Å². The minimum absolute atomic E-state index is 0.138. The van der Waals surface area contributed by atoms with Crippen molar-refractivity contribution in [2.75, 3.05) is 31.5 Å². The molecule has 0 aliphatic rings. The van der Waals surface area contributed by atoms with Gasteiger partial charge >= 0.3 is 0 Å². The average molecular weight is 421 g/mol. The van der Waals surface area contributed by atoms with Gasteiger partial charge in [0.2, 0.25) is 5.91 Å². The molecule has 0 heterocycles. The van der Waals surface area contributed by atoms with Crippen molar-refractivity contribution in [3.05, 3.63) is 53.1 Å². The monoisotopic (exact) mass is 420 g/mol. The van der Waals surface area contributed by atoms with Crippen LogP contribution in [0, 0.1) is 0 Å². The first-order valence-corrected chi connectivity index (χ1v) is 10.6. The quantitative estimate of drug-likeness (QED) is 0.584. The van der Waals surface area contributed by atoms with Gasteiger partial charge in [-0.3, -0.25) is 9.59 Å². The SMILES string of the molecule is CC[NH+](CC)CCNC(=O)c1ccc(Sc2ccc(Cl)cc2)c(NC(C)=O)c1. The molecule has 3 N–H and O–H groups in total. The fourth-order valence-electron chi connectivity index (χ4n) is 2.74. The van der Waals surface area contributed by atoms with Crippen LogP contribution < -0.4 is 15.5 Å². The maximum absolute atomic E-state index is 12.5. The lowest BCUT2D eigenvalue weighted by Crippen LogP contribution is -3.12. The number of carbonyl (C=O) groups excluding carboxylic acids is 2. The van der Waals surface area contributed by atoms with E-state index in [9.17, 15) is 9.59 Å². The summed E-state index contributed by atoms with van der Waals surface area (Å²) in [5, 5.41) is 6.45. The van der Waals surface area contributed by atoms with Crippen LogP contribution >= 0.6 is 23.4 Å². The van der Waals surface area contributed by atoms with Crippen molar-refractivity contribution in [1.82, 2.24) is 5.32 Å². The Hall–Kier alpha value is -2.02. The summed E-state index contributed by atoms with van der Waals surface area (Å²) in [4.78, 5) is 27.4. The van der Waals surface area contributed by atoms with Crippen LogP contribution in [0.2, 0.25) is 5.02 Å². The highest BCUT2D eigenvalue weighted by Crippen LogP contribution is 2.34. The van der Waals surface area contributed by atoms with Gasteiger partial charge < -0.3 is 15.5 Å². The van der Waals surface area contributed by atoms with Crippen molar-refractivity contribution in [2.24, 2.45) is 0 Å². The van der Waals surface area contributed by atoms with Crippen LogP contribution in [0.4, 0.5) is 5.69 Å². The van der Waals surface area contributed by atoms with Crippen LogP contribution in [0.1, 0.15) is 31.1 Å². The first kappa shape index (κ1) is 22.3. The Kier molecular flexibility index (Phi) is 8.83. The maximum atomic E-state index is 12.5. The summed E-state index contributed by atoms with van der Waals surface area (Å²) in [6.45, 7) is 9.31. The van der Waals surface area contributed by atoms with E-state index in [1.54, 1.807) is 12.1 Å². The van der Waals surface area contributed by atoms with E-state index in [-0.39, 0.29) is 11.8 Å². The smallest absolute Gasteiger partial charge is 0.251 e. The Labute approximate surface area is 175 Å². The van der Waals surface area contributed by atoms with E-state index in [1.165, 1.54) is 23.6 Å². The molecule has 2 amide bonds. The molecule has 0 atom stereocenters. The number of carbonyl (C=O) groups is 2. The summed E-state index contributed by atoms with van der Waals surface area (Å²) in [7, 11) is 0. The molecular formula is C21H27ClN3O2S+. The summed E-state index contributed by atoms with van der Waals surface area (Å²) in [5.74, 6) is -0.318. The Morgan fingerprint density at radius 2 is 1.75 bits per heavy atom. The first-order chi connectivity index (χ1) is 13.4. The normalized spacial score (nSPS) is 10.8. The molecule has 2 aromatic carbocycles. The zero-order valence-electron chi connectivity index (χ0n) is 16.5. The molecule has 0 fully saturated rings. The lowest BCUT2D eigenvalue weighted by atomic mass is 10.2. The number of nitrogens with one attached hydrogen (secondary N) is 3. The summed E-state index contributed by atoms with van der Waals surface area (Å²) in [6, 6.07) is 12.8. The van der Waals surface area contributed by atoms with Gasteiger partial charge in [0.15, 0.2) is 0 Å². The third-order valence-electron chi connectivity index (χ3n) is 4.36.